The number of thiophene rings is 1. The van der Waals surface area contributed by atoms with E-state index < -0.39 is 5.97 Å². The molecule has 0 radical (unpaired) electrons. The van der Waals surface area contributed by atoms with Gasteiger partial charge in [0.25, 0.3) is 5.89 Å². The summed E-state index contributed by atoms with van der Waals surface area (Å²) in [5, 5.41) is 7.55. The zero-order valence-corrected chi connectivity index (χ0v) is 15.1. The van der Waals surface area contributed by atoms with Gasteiger partial charge in [0, 0.05) is 5.38 Å². The second kappa shape index (κ2) is 8.05. The molecule has 9 heteroatoms. The first kappa shape index (κ1) is 17.9. The van der Waals surface area contributed by atoms with E-state index in [1.54, 1.807) is 6.07 Å². The molecule has 0 amide bonds. The fourth-order valence-corrected chi connectivity index (χ4v) is 2.90. The average Bonchev–Trinajstić information content (AvgIpc) is 3.47. The first-order valence-corrected chi connectivity index (χ1v) is 9.11. The quantitative estimate of drug-likeness (QED) is 0.423. The van der Waals surface area contributed by atoms with E-state index in [0.717, 1.165) is 5.56 Å². The molecule has 3 aromatic heterocycles. The van der Waals surface area contributed by atoms with Gasteiger partial charge < -0.3 is 18.4 Å². The Morgan fingerprint density at radius 1 is 1.11 bits per heavy atom. The molecule has 3 heterocycles. The standard InChI is InChI=1S/C19H13FN2O5S/c20-13-1-3-14(4-2-13)24-9-15-5-6-16(26-15)19(23)25-10-17-21-18(27-22-17)12-7-8-28-11-12/h1-8,11H,9-10H2. The number of carbonyl (C=O) groups is 1. The van der Waals surface area contributed by atoms with Gasteiger partial charge in [-0.05, 0) is 47.8 Å². The van der Waals surface area contributed by atoms with Gasteiger partial charge in [-0.15, -0.1) is 0 Å². The Morgan fingerprint density at radius 2 is 1.96 bits per heavy atom. The number of hydrogen-bond acceptors (Lipinski definition) is 8. The SMILES string of the molecule is O=C(OCc1noc(-c2ccsc2)n1)c1ccc(COc2ccc(F)cc2)o1. The van der Waals surface area contributed by atoms with E-state index in [0.29, 0.717) is 17.4 Å². The molecule has 0 N–H and O–H groups in total. The van der Waals surface area contributed by atoms with E-state index in [9.17, 15) is 9.18 Å². The molecule has 142 valence electrons. The molecule has 0 saturated heterocycles. The lowest BCUT2D eigenvalue weighted by Crippen LogP contribution is -2.05. The highest BCUT2D eigenvalue weighted by atomic mass is 32.1. The van der Waals surface area contributed by atoms with Crippen LogP contribution in [0.4, 0.5) is 4.39 Å². The van der Waals surface area contributed by atoms with E-state index >= 15 is 0 Å². The number of benzene rings is 1. The maximum atomic E-state index is 12.9. The molecule has 0 bridgehead atoms. The van der Waals surface area contributed by atoms with Gasteiger partial charge in [0.2, 0.25) is 11.6 Å². The molecule has 0 spiro atoms. The monoisotopic (exact) mass is 400 g/mol. The van der Waals surface area contributed by atoms with Crippen LogP contribution in [0.15, 0.2) is 62.2 Å². The third-order valence-corrected chi connectivity index (χ3v) is 4.31. The number of rotatable bonds is 7. The highest BCUT2D eigenvalue weighted by molar-refractivity contribution is 7.08. The molecule has 0 aliphatic carbocycles. The Bertz CT molecular complexity index is 1060. The fraction of sp³-hybridized carbons (Fsp3) is 0.105. The maximum Gasteiger partial charge on any atom is 0.374 e. The molecule has 4 rings (SSSR count). The van der Waals surface area contributed by atoms with Crippen molar-refractivity contribution in [2.75, 3.05) is 0 Å². The lowest BCUT2D eigenvalue weighted by molar-refractivity contribution is 0.0419. The van der Waals surface area contributed by atoms with Crippen LogP contribution in [0.25, 0.3) is 11.5 Å². The molecule has 0 unspecified atom stereocenters. The number of halogens is 1. The molecule has 0 aliphatic rings. The van der Waals surface area contributed by atoms with Crippen molar-refractivity contribution in [2.45, 2.75) is 13.2 Å². The zero-order valence-electron chi connectivity index (χ0n) is 14.3. The largest absolute Gasteiger partial charge is 0.486 e. The number of carbonyl (C=O) groups excluding carboxylic acids is 1. The third-order valence-electron chi connectivity index (χ3n) is 3.63. The maximum absolute atomic E-state index is 12.9. The lowest BCUT2D eigenvalue weighted by Gasteiger charge is -2.03. The van der Waals surface area contributed by atoms with Gasteiger partial charge in [-0.1, -0.05) is 5.16 Å². The highest BCUT2D eigenvalue weighted by Crippen LogP contribution is 2.20. The van der Waals surface area contributed by atoms with Crippen LogP contribution in [0, 0.1) is 5.82 Å². The Morgan fingerprint density at radius 3 is 2.75 bits per heavy atom. The zero-order chi connectivity index (χ0) is 19.3. The average molecular weight is 400 g/mol. The predicted molar refractivity (Wildman–Crippen MR) is 96.2 cm³/mol. The number of hydrogen-bond donors (Lipinski definition) is 0. The van der Waals surface area contributed by atoms with Crippen molar-refractivity contribution < 1.29 is 27.6 Å². The number of esters is 1. The van der Waals surface area contributed by atoms with Gasteiger partial charge in [0.1, 0.15) is 23.9 Å². The summed E-state index contributed by atoms with van der Waals surface area (Å²) in [7, 11) is 0. The van der Waals surface area contributed by atoms with Crippen LogP contribution in [0.5, 0.6) is 5.75 Å². The van der Waals surface area contributed by atoms with Crippen molar-refractivity contribution in [1.82, 2.24) is 10.1 Å². The minimum atomic E-state index is -0.657. The summed E-state index contributed by atoms with van der Waals surface area (Å²) in [6, 6.07) is 10.5. The van der Waals surface area contributed by atoms with E-state index in [2.05, 4.69) is 10.1 Å². The van der Waals surface area contributed by atoms with Gasteiger partial charge in [-0.2, -0.15) is 16.3 Å². The molecule has 0 saturated carbocycles. The summed E-state index contributed by atoms with van der Waals surface area (Å²) in [5.41, 5.74) is 0.812. The number of aromatic nitrogens is 2. The van der Waals surface area contributed by atoms with Crippen LogP contribution in [-0.2, 0) is 18.0 Å². The van der Waals surface area contributed by atoms with E-state index in [4.69, 9.17) is 18.4 Å². The minimum absolute atomic E-state index is 0.0271. The van der Waals surface area contributed by atoms with Crippen molar-refractivity contribution in [1.29, 1.82) is 0 Å². The predicted octanol–water partition coefficient (Wildman–Crippen LogP) is 4.47. The molecule has 0 atom stereocenters. The van der Waals surface area contributed by atoms with Gasteiger partial charge in [0.15, 0.2) is 6.61 Å². The fourth-order valence-electron chi connectivity index (χ4n) is 2.27. The normalized spacial score (nSPS) is 10.8. The molecule has 4 aromatic rings. The van der Waals surface area contributed by atoms with Gasteiger partial charge in [0.05, 0.1) is 5.56 Å². The molecule has 28 heavy (non-hydrogen) atoms. The Kier molecular flexibility index (Phi) is 5.16. The van der Waals surface area contributed by atoms with Gasteiger partial charge >= 0.3 is 5.97 Å². The summed E-state index contributed by atoms with van der Waals surface area (Å²) < 4.78 is 34.0. The summed E-state index contributed by atoms with van der Waals surface area (Å²) in [6.45, 7) is -0.0532. The minimum Gasteiger partial charge on any atom is -0.486 e. The van der Waals surface area contributed by atoms with Gasteiger partial charge in [-0.25, -0.2) is 9.18 Å². The van der Waals surface area contributed by atoms with Crippen LogP contribution in [0.2, 0.25) is 0 Å². The van der Waals surface area contributed by atoms with Crippen molar-refractivity contribution in [3.05, 3.63) is 76.4 Å². The summed E-state index contributed by atoms with van der Waals surface area (Å²) in [6.07, 6.45) is 0. The van der Waals surface area contributed by atoms with Crippen molar-refractivity contribution in [3.8, 4) is 17.2 Å². The Balaban J connectivity index is 1.30. The Hall–Kier alpha value is -3.46. The Labute approximate surface area is 162 Å². The van der Waals surface area contributed by atoms with E-state index in [1.165, 1.54) is 41.7 Å². The summed E-state index contributed by atoms with van der Waals surface area (Å²) in [5.74, 6) is 0.552. The van der Waals surface area contributed by atoms with Crippen LogP contribution < -0.4 is 4.74 Å². The molecule has 0 aliphatic heterocycles. The van der Waals surface area contributed by atoms with Gasteiger partial charge in [-0.3, -0.25) is 0 Å². The summed E-state index contributed by atoms with van der Waals surface area (Å²) >= 11 is 1.51. The van der Waals surface area contributed by atoms with Crippen LogP contribution in [-0.4, -0.2) is 16.1 Å². The van der Waals surface area contributed by atoms with Crippen LogP contribution >= 0.6 is 11.3 Å². The second-order valence-electron chi connectivity index (χ2n) is 5.61. The van der Waals surface area contributed by atoms with Crippen LogP contribution in [0.1, 0.15) is 22.1 Å². The van der Waals surface area contributed by atoms with Crippen LogP contribution in [0.3, 0.4) is 0 Å². The number of ether oxygens (including phenoxy) is 2. The van der Waals surface area contributed by atoms with Crippen molar-refractivity contribution in [2.24, 2.45) is 0 Å². The summed E-state index contributed by atoms with van der Waals surface area (Å²) in [4.78, 5) is 16.3. The third kappa shape index (κ3) is 4.26. The highest BCUT2D eigenvalue weighted by Gasteiger charge is 2.16. The van der Waals surface area contributed by atoms with E-state index in [1.807, 2.05) is 16.8 Å². The topological polar surface area (TPSA) is 87.6 Å². The molecular weight excluding hydrogens is 387 g/mol. The molecule has 0 fully saturated rings. The van der Waals surface area contributed by atoms with Crippen molar-refractivity contribution in [3.63, 3.8) is 0 Å². The molecule has 7 nitrogen and oxygen atoms in total. The lowest BCUT2D eigenvalue weighted by atomic mass is 10.3. The number of nitrogens with zero attached hydrogens (tertiary/aromatic N) is 2. The second-order valence-corrected chi connectivity index (χ2v) is 6.39. The smallest absolute Gasteiger partial charge is 0.374 e. The van der Waals surface area contributed by atoms with E-state index in [-0.39, 0.29) is 30.6 Å². The van der Waals surface area contributed by atoms with Crippen molar-refractivity contribution >= 4 is 17.3 Å². The first-order valence-electron chi connectivity index (χ1n) is 8.17. The first-order chi connectivity index (χ1) is 13.7. The molecular formula is C19H13FN2O5S. The number of furan rings is 1. The molecule has 1 aromatic carbocycles.